The van der Waals surface area contributed by atoms with Gasteiger partial charge in [-0.1, -0.05) is 23.4 Å². The van der Waals surface area contributed by atoms with Crippen molar-refractivity contribution in [1.82, 2.24) is 35.4 Å². The number of benzene rings is 2. The number of hydrogen-bond donors (Lipinski definition) is 6. The number of carbonyl (C=O) groups excluding carboxylic acids is 3. The van der Waals surface area contributed by atoms with Gasteiger partial charge in [0.15, 0.2) is 11.5 Å². The number of anilines is 2. The van der Waals surface area contributed by atoms with Crippen LogP contribution in [0.1, 0.15) is 66.1 Å². The molecule has 1 atom stereocenters. The van der Waals surface area contributed by atoms with E-state index >= 15 is 0 Å². The second-order valence-electron chi connectivity index (χ2n) is 11.5. The fourth-order valence-corrected chi connectivity index (χ4v) is 5.83. The lowest BCUT2D eigenvalue weighted by Crippen LogP contribution is -2.37. The molecule has 0 bridgehead atoms. The van der Waals surface area contributed by atoms with E-state index in [1.54, 1.807) is 6.07 Å². The Hall–Kier alpha value is -6.98. The molecular weight excluding hydrogens is 655 g/mol. The Balaban J connectivity index is 1.10. The number of aromatic nitrogens is 5. The normalized spacial score (nSPS) is 13.7. The summed E-state index contributed by atoms with van der Waals surface area (Å²) in [5, 5.41) is 16.1. The lowest BCUT2D eigenvalue weighted by atomic mass is 10.0. The molecule has 0 aliphatic heterocycles. The van der Waals surface area contributed by atoms with Gasteiger partial charge in [-0.05, 0) is 47.7 Å². The van der Waals surface area contributed by atoms with Gasteiger partial charge >= 0.3 is 5.76 Å². The van der Waals surface area contributed by atoms with Gasteiger partial charge in [-0.3, -0.25) is 33.5 Å². The van der Waals surface area contributed by atoms with Crippen LogP contribution in [0.25, 0.3) is 17.0 Å². The Morgan fingerprint density at radius 2 is 1.86 bits per heavy atom. The molecule has 0 saturated carbocycles. The lowest BCUT2D eigenvalue weighted by Gasteiger charge is -2.15. The van der Waals surface area contributed by atoms with Gasteiger partial charge < -0.3 is 27.4 Å². The van der Waals surface area contributed by atoms with Gasteiger partial charge in [-0.15, -0.1) is 0 Å². The SMILES string of the molecule is NC(=O)c1cnn2c(C(=O)NCc3ccc(F)c(CNc4c(N)c(=O)c4=O)c3)cc(C(=O)N[C@H]3CCc4cc(-c5noc(=O)[nH]5)ccc43)nc12. The molecule has 8 N–H and O–H groups in total. The molecule has 1 aliphatic rings. The molecule has 3 aromatic carbocycles. The fourth-order valence-electron chi connectivity index (χ4n) is 5.83. The maximum Gasteiger partial charge on any atom is 0.439 e. The number of aryl methyl sites for hydroxylation is 1. The van der Waals surface area contributed by atoms with E-state index < -0.39 is 46.2 Å². The number of nitrogens with two attached hydrogens (primary N) is 2. The third-order valence-corrected chi connectivity index (χ3v) is 8.41. The quantitative estimate of drug-likeness (QED) is 0.108. The van der Waals surface area contributed by atoms with Crippen molar-refractivity contribution in [2.24, 2.45) is 5.73 Å². The van der Waals surface area contributed by atoms with Crippen LogP contribution < -0.4 is 44.0 Å². The van der Waals surface area contributed by atoms with Gasteiger partial charge in [-0.25, -0.2) is 18.7 Å². The van der Waals surface area contributed by atoms with Crippen molar-refractivity contribution in [2.45, 2.75) is 32.0 Å². The van der Waals surface area contributed by atoms with Crippen LogP contribution in [0.3, 0.4) is 0 Å². The minimum atomic E-state index is -0.872. The van der Waals surface area contributed by atoms with Crippen molar-refractivity contribution in [1.29, 1.82) is 0 Å². The molecule has 0 fully saturated rings. The molecule has 17 nitrogen and oxygen atoms in total. The van der Waals surface area contributed by atoms with Gasteiger partial charge in [0.25, 0.3) is 28.6 Å². The monoisotopic (exact) mass is 680 g/mol. The zero-order valence-electron chi connectivity index (χ0n) is 25.7. The number of H-pyrrole nitrogens is 1. The first kappa shape index (κ1) is 31.6. The molecule has 0 spiro atoms. The number of primary amides is 1. The predicted octanol–water partition coefficient (Wildman–Crippen LogP) is 0.448. The Morgan fingerprint density at radius 3 is 2.60 bits per heavy atom. The number of nitrogens with one attached hydrogen (secondary N) is 4. The van der Waals surface area contributed by atoms with Crippen LogP contribution in [-0.4, -0.2) is 42.5 Å². The van der Waals surface area contributed by atoms with Crippen LogP contribution in [0.2, 0.25) is 0 Å². The predicted molar refractivity (Wildman–Crippen MR) is 173 cm³/mol. The molecule has 252 valence electrons. The van der Waals surface area contributed by atoms with Crippen molar-refractivity contribution in [2.75, 3.05) is 11.1 Å². The van der Waals surface area contributed by atoms with E-state index in [4.69, 9.17) is 11.5 Å². The van der Waals surface area contributed by atoms with Crippen molar-refractivity contribution in [3.05, 3.63) is 125 Å². The number of aromatic amines is 1. The van der Waals surface area contributed by atoms with E-state index in [0.717, 1.165) is 21.8 Å². The zero-order chi connectivity index (χ0) is 35.3. The third kappa shape index (κ3) is 5.63. The molecule has 18 heteroatoms. The summed E-state index contributed by atoms with van der Waals surface area (Å²) in [5.74, 6) is -3.19. The molecule has 3 heterocycles. The molecule has 7 rings (SSSR count). The smallest absolute Gasteiger partial charge is 0.394 e. The lowest BCUT2D eigenvalue weighted by molar-refractivity contribution is 0.0929. The summed E-state index contributed by atoms with van der Waals surface area (Å²) < 4.78 is 20.2. The van der Waals surface area contributed by atoms with Gasteiger partial charge in [-0.2, -0.15) is 5.10 Å². The molecule has 6 aromatic rings. The highest BCUT2D eigenvalue weighted by molar-refractivity contribution is 6.02. The highest BCUT2D eigenvalue weighted by Gasteiger charge is 2.28. The van der Waals surface area contributed by atoms with Crippen molar-refractivity contribution in [3.63, 3.8) is 0 Å². The maximum absolute atomic E-state index is 14.5. The molecule has 3 amide bonds. The zero-order valence-corrected chi connectivity index (χ0v) is 25.7. The molecular formula is C32H25FN10O7. The van der Waals surface area contributed by atoms with E-state index in [-0.39, 0.29) is 58.5 Å². The van der Waals surface area contributed by atoms with Crippen LogP contribution in [0, 0.1) is 5.82 Å². The second kappa shape index (κ2) is 12.2. The van der Waals surface area contributed by atoms with E-state index in [1.807, 2.05) is 12.1 Å². The van der Waals surface area contributed by atoms with Crippen LogP contribution >= 0.6 is 0 Å². The van der Waals surface area contributed by atoms with E-state index in [0.29, 0.717) is 24.0 Å². The number of carbonyl (C=O) groups is 3. The van der Waals surface area contributed by atoms with Gasteiger partial charge in [0, 0.05) is 30.3 Å². The van der Waals surface area contributed by atoms with Crippen LogP contribution in [0.5, 0.6) is 0 Å². The number of nitrogen functional groups attached to an aromatic ring is 1. The van der Waals surface area contributed by atoms with E-state index in [2.05, 4.69) is 40.7 Å². The average Bonchev–Trinajstić information content (AvgIpc) is 3.85. The van der Waals surface area contributed by atoms with Crippen LogP contribution in [-0.2, 0) is 19.5 Å². The standard InChI is InChI=1S/C32H25FN10O7/c33-19-5-1-13(7-16(19)11-36-24-23(34)25(44)26(24)45)10-37-31(48)22-9-21(39-29-18(27(35)46)12-38-43(22)29)30(47)40-20-6-3-14-8-15(2-4-17(14)20)28-41-32(49)50-42-28/h1-2,4-5,7-9,12,20,36H,3,6,10-11,34H2,(H2,35,46)(H,37,48)(H,40,47)(H,41,42,49)/t20-/m0/s1. The molecule has 3 aromatic heterocycles. The minimum absolute atomic E-state index is 0.0861. The summed E-state index contributed by atoms with van der Waals surface area (Å²) in [6.07, 6.45) is 2.32. The first-order valence-electron chi connectivity index (χ1n) is 15.0. The van der Waals surface area contributed by atoms with Gasteiger partial charge in [0.1, 0.15) is 34.1 Å². The minimum Gasteiger partial charge on any atom is -0.394 e. The number of rotatable bonds is 10. The second-order valence-corrected chi connectivity index (χ2v) is 11.5. The maximum atomic E-state index is 14.5. The highest BCUT2D eigenvalue weighted by Crippen LogP contribution is 2.33. The molecule has 0 unspecified atom stereocenters. The summed E-state index contributed by atoms with van der Waals surface area (Å²) in [6.45, 7) is -0.239. The summed E-state index contributed by atoms with van der Waals surface area (Å²) in [5.41, 5.74) is 11.6. The van der Waals surface area contributed by atoms with Gasteiger partial charge in [0.05, 0.1) is 12.2 Å². The molecule has 0 radical (unpaired) electrons. The number of fused-ring (bicyclic) bond motifs is 2. The number of amides is 3. The first-order chi connectivity index (χ1) is 24.0. The van der Waals surface area contributed by atoms with E-state index in [9.17, 15) is 33.2 Å². The molecule has 0 saturated heterocycles. The fraction of sp³-hybridized carbons (Fsp3) is 0.156. The summed E-state index contributed by atoms with van der Waals surface area (Å²) >= 11 is 0. The Kier molecular flexibility index (Phi) is 7.73. The van der Waals surface area contributed by atoms with Crippen molar-refractivity contribution >= 4 is 34.7 Å². The summed E-state index contributed by atoms with van der Waals surface area (Å²) in [6, 6.07) is 10.3. The Morgan fingerprint density at radius 1 is 1.04 bits per heavy atom. The topological polar surface area (TPSA) is 263 Å². The van der Waals surface area contributed by atoms with Crippen molar-refractivity contribution < 1.29 is 23.3 Å². The number of nitrogens with zero attached hydrogens (tertiary/aromatic N) is 4. The Labute approximate surface area is 278 Å². The summed E-state index contributed by atoms with van der Waals surface area (Å²) in [4.78, 5) is 80.4. The molecule has 50 heavy (non-hydrogen) atoms. The third-order valence-electron chi connectivity index (χ3n) is 8.41. The van der Waals surface area contributed by atoms with E-state index in [1.165, 1.54) is 24.3 Å². The summed E-state index contributed by atoms with van der Waals surface area (Å²) in [7, 11) is 0. The number of halogens is 1. The van der Waals surface area contributed by atoms with Crippen LogP contribution in [0.15, 0.2) is 67.6 Å². The number of hydrogen-bond acceptors (Lipinski definition) is 12. The van der Waals surface area contributed by atoms with Crippen molar-refractivity contribution in [3.8, 4) is 11.4 Å². The van der Waals surface area contributed by atoms with Gasteiger partial charge in [0.2, 0.25) is 0 Å². The van der Waals surface area contributed by atoms with Crippen LogP contribution in [0.4, 0.5) is 15.8 Å². The Bertz CT molecular complexity index is 2510. The highest BCUT2D eigenvalue weighted by atomic mass is 19.1. The largest absolute Gasteiger partial charge is 0.439 e. The molecule has 1 aliphatic carbocycles. The average molecular weight is 681 g/mol. The first-order valence-corrected chi connectivity index (χ1v) is 15.0.